The highest BCUT2D eigenvalue weighted by molar-refractivity contribution is 5.88. The first-order valence-corrected chi connectivity index (χ1v) is 10.6. The lowest BCUT2D eigenvalue weighted by atomic mass is 9.92. The molecule has 1 N–H and O–H groups in total. The van der Waals surface area contributed by atoms with Crippen molar-refractivity contribution in [3.63, 3.8) is 0 Å². The average molecular weight is 412 g/mol. The third-order valence-corrected chi connectivity index (χ3v) is 5.53. The number of hydrogen-bond donors (Lipinski definition) is 1. The van der Waals surface area contributed by atoms with Crippen LogP contribution in [0.25, 0.3) is 11.1 Å². The van der Waals surface area contributed by atoms with Crippen LogP contribution < -0.4 is 10.2 Å². The van der Waals surface area contributed by atoms with E-state index in [1.54, 1.807) is 0 Å². The molecule has 0 radical (unpaired) electrons. The summed E-state index contributed by atoms with van der Waals surface area (Å²) < 4.78 is 10.9. The summed E-state index contributed by atoms with van der Waals surface area (Å²) in [7, 11) is 0. The lowest BCUT2D eigenvalue weighted by Gasteiger charge is -2.36. The second kappa shape index (κ2) is 8.45. The van der Waals surface area contributed by atoms with Crippen LogP contribution in [0.2, 0.25) is 0 Å². The Bertz CT molecular complexity index is 1030. The van der Waals surface area contributed by atoms with Gasteiger partial charge < -0.3 is 19.2 Å². The zero-order valence-corrected chi connectivity index (χ0v) is 18.1. The first-order valence-electron chi connectivity index (χ1n) is 10.6. The number of furan rings is 1. The summed E-state index contributed by atoms with van der Waals surface area (Å²) in [4.78, 5) is 24.0. The van der Waals surface area contributed by atoms with Gasteiger partial charge in [-0.15, -0.1) is 0 Å². The van der Waals surface area contributed by atoms with E-state index in [0.717, 1.165) is 41.5 Å². The second-order valence-corrected chi connectivity index (χ2v) is 8.55. The van der Waals surface area contributed by atoms with Crippen LogP contribution in [0.3, 0.4) is 0 Å². The molecule has 1 aliphatic rings. The number of aromatic nitrogens is 3. The highest BCUT2D eigenvalue weighted by Crippen LogP contribution is 2.31. The van der Waals surface area contributed by atoms with E-state index in [-0.39, 0.29) is 5.91 Å². The number of fused-ring (bicyclic) bond motifs is 1. The van der Waals surface area contributed by atoms with Crippen LogP contribution in [0.4, 0.5) is 5.82 Å². The highest BCUT2D eigenvalue weighted by Gasteiger charge is 2.27. The van der Waals surface area contributed by atoms with E-state index in [1.165, 1.54) is 6.42 Å². The molecular weight excluding hydrogens is 382 g/mol. The number of aryl methyl sites for hydroxylation is 3. The normalized spacial score (nSPS) is 19.4. The summed E-state index contributed by atoms with van der Waals surface area (Å²) in [5, 5.41) is 7.85. The maximum Gasteiger partial charge on any atom is 0.263 e. The third-order valence-electron chi connectivity index (χ3n) is 5.53. The predicted molar refractivity (Wildman–Crippen MR) is 113 cm³/mol. The van der Waals surface area contributed by atoms with Crippen LogP contribution in [0.5, 0.6) is 0 Å². The first kappa shape index (κ1) is 20.4. The Hall–Kier alpha value is -2.90. The van der Waals surface area contributed by atoms with Gasteiger partial charge in [-0.2, -0.15) is 4.98 Å². The molecule has 1 saturated heterocycles. The Labute approximate surface area is 176 Å². The van der Waals surface area contributed by atoms with Gasteiger partial charge in [0.25, 0.3) is 5.71 Å². The average Bonchev–Trinajstić information content (AvgIpc) is 3.29. The van der Waals surface area contributed by atoms with E-state index in [4.69, 9.17) is 13.9 Å². The van der Waals surface area contributed by atoms with Crippen molar-refractivity contribution in [2.24, 2.45) is 11.8 Å². The minimum Gasteiger partial charge on any atom is -0.465 e. The number of carbonyl (C=O) groups excluding carboxylic acids is 1. The highest BCUT2D eigenvalue weighted by atomic mass is 16.5. The zero-order valence-electron chi connectivity index (χ0n) is 18.1. The van der Waals surface area contributed by atoms with E-state index in [0.29, 0.717) is 42.8 Å². The fourth-order valence-corrected chi connectivity index (χ4v) is 4.27. The maximum absolute atomic E-state index is 12.3. The number of carbonyl (C=O) groups is 1. The van der Waals surface area contributed by atoms with Crippen molar-refractivity contribution in [3.05, 3.63) is 35.2 Å². The second-order valence-electron chi connectivity index (χ2n) is 8.55. The molecule has 3 aromatic heterocycles. The molecule has 0 saturated carbocycles. The summed E-state index contributed by atoms with van der Waals surface area (Å²) in [6, 6.07) is 3.75. The van der Waals surface area contributed by atoms with Gasteiger partial charge in [0.05, 0.1) is 12.2 Å². The topological polar surface area (TPSA) is 97.3 Å². The van der Waals surface area contributed by atoms with Gasteiger partial charge in [0.1, 0.15) is 28.5 Å². The van der Waals surface area contributed by atoms with Gasteiger partial charge in [-0.1, -0.05) is 19.0 Å². The first-order chi connectivity index (χ1) is 14.4. The zero-order chi connectivity index (χ0) is 21.3. The monoisotopic (exact) mass is 411 g/mol. The fourth-order valence-electron chi connectivity index (χ4n) is 4.27. The van der Waals surface area contributed by atoms with Crippen molar-refractivity contribution >= 4 is 22.8 Å². The molecule has 1 fully saturated rings. The number of amides is 1. The number of hydrogen-bond acceptors (Lipinski definition) is 7. The quantitative estimate of drug-likeness (QED) is 0.662. The van der Waals surface area contributed by atoms with E-state index >= 15 is 0 Å². The molecule has 4 heterocycles. The molecule has 8 heteroatoms. The molecule has 4 rings (SSSR count). The fraction of sp³-hybridized carbons (Fsp3) is 0.545. The van der Waals surface area contributed by atoms with Crippen LogP contribution in [-0.2, 0) is 17.8 Å². The van der Waals surface area contributed by atoms with Gasteiger partial charge >= 0.3 is 0 Å². The Morgan fingerprint density at radius 1 is 1.20 bits per heavy atom. The molecule has 160 valence electrons. The molecule has 3 aromatic rings. The summed E-state index contributed by atoms with van der Waals surface area (Å²) >= 11 is 0. The lowest BCUT2D eigenvalue weighted by molar-refractivity contribution is -0.121. The maximum atomic E-state index is 12.3. The number of anilines is 1. The third kappa shape index (κ3) is 4.47. The standard InChI is InChI=1S/C22H29N5O3/c1-13-9-14(2)12-27(11-13)21-20-16(4)26-30-22(20)25-18(24-21)7-8-19(28)23-10-17-6-5-15(3)29-17/h5-6,13-14H,7-12H2,1-4H3,(H,23,28)/t13-,14+. The lowest BCUT2D eigenvalue weighted by Crippen LogP contribution is -2.39. The van der Waals surface area contributed by atoms with Crippen molar-refractivity contribution in [1.82, 2.24) is 20.4 Å². The Balaban J connectivity index is 1.48. The van der Waals surface area contributed by atoms with Gasteiger partial charge in [0, 0.05) is 25.9 Å². The SMILES string of the molecule is Cc1ccc(CNC(=O)CCc2nc(N3C[C@H](C)C[C@H](C)C3)c3c(C)noc3n2)o1. The van der Waals surface area contributed by atoms with E-state index in [9.17, 15) is 4.79 Å². The van der Waals surface area contributed by atoms with Crippen molar-refractivity contribution < 1.29 is 13.7 Å². The van der Waals surface area contributed by atoms with Gasteiger partial charge in [-0.05, 0) is 44.2 Å². The molecule has 0 spiro atoms. The van der Waals surface area contributed by atoms with Crippen LogP contribution >= 0.6 is 0 Å². The van der Waals surface area contributed by atoms with Crippen molar-refractivity contribution in [3.8, 4) is 0 Å². The predicted octanol–water partition coefficient (Wildman–Crippen LogP) is 3.56. The molecule has 0 bridgehead atoms. The molecule has 0 unspecified atom stereocenters. The smallest absolute Gasteiger partial charge is 0.263 e. The van der Waals surface area contributed by atoms with Crippen LogP contribution in [0, 0.1) is 25.7 Å². The summed E-state index contributed by atoms with van der Waals surface area (Å²) in [5.41, 5.74) is 1.29. The number of nitrogens with one attached hydrogen (secondary N) is 1. The molecule has 2 atom stereocenters. The van der Waals surface area contributed by atoms with Gasteiger partial charge in [-0.3, -0.25) is 4.79 Å². The van der Waals surface area contributed by atoms with Crippen molar-refractivity contribution in [2.45, 2.75) is 53.5 Å². The summed E-state index contributed by atoms with van der Waals surface area (Å²) in [5.74, 6) is 4.17. The number of piperidine rings is 1. The molecule has 1 aliphatic heterocycles. The molecular formula is C22H29N5O3. The summed E-state index contributed by atoms with van der Waals surface area (Å²) in [6.07, 6.45) is 1.95. The molecule has 0 aliphatic carbocycles. The van der Waals surface area contributed by atoms with E-state index in [1.807, 2.05) is 26.0 Å². The molecule has 1 amide bonds. The van der Waals surface area contributed by atoms with Gasteiger partial charge in [-0.25, -0.2) is 4.98 Å². The van der Waals surface area contributed by atoms with Crippen LogP contribution in [0.1, 0.15) is 49.7 Å². The molecule has 8 nitrogen and oxygen atoms in total. The van der Waals surface area contributed by atoms with Crippen molar-refractivity contribution in [1.29, 1.82) is 0 Å². The van der Waals surface area contributed by atoms with Gasteiger partial charge in [0.2, 0.25) is 5.91 Å². The Morgan fingerprint density at radius 3 is 2.67 bits per heavy atom. The van der Waals surface area contributed by atoms with Crippen LogP contribution in [0.15, 0.2) is 21.1 Å². The minimum atomic E-state index is -0.0664. The van der Waals surface area contributed by atoms with Gasteiger partial charge in [0.15, 0.2) is 0 Å². The van der Waals surface area contributed by atoms with Crippen LogP contribution in [-0.4, -0.2) is 34.1 Å². The van der Waals surface area contributed by atoms with E-state index in [2.05, 4.69) is 34.2 Å². The largest absolute Gasteiger partial charge is 0.465 e. The summed E-state index contributed by atoms with van der Waals surface area (Å²) in [6.45, 7) is 10.6. The molecule has 0 aromatic carbocycles. The van der Waals surface area contributed by atoms with Crippen molar-refractivity contribution in [2.75, 3.05) is 18.0 Å². The number of nitrogens with zero attached hydrogens (tertiary/aromatic N) is 4. The Morgan fingerprint density at radius 2 is 1.97 bits per heavy atom. The van der Waals surface area contributed by atoms with E-state index < -0.39 is 0 Å². The minimum absolute atomic E-state index is 0.0664. The Kier molecular flexibility index (Phi) is 5.74. The number of rotatable bonds is 6. The molecule has 30 heavy (non-hydrogen) atoms.